The van der Waals surface area contributed by atoms with E-state index in [4.69, 9.17) is 0 Å². The van der Waals surface area contributed by atoms with E-state index >= 15 is 0 Å². The molecule has 2 aromatic heterocycles. The summed E-state index contributed by atoms with van der Waals surface area (Å²) in [5.41, 5.74) is 0.174. The van der Waals surface area contributed by atoms with Gasteiger partial charge < -0.3 is 5.32 Å². The molecule has 0 fully saturated rings. The number of anilines is 1. The van der Waals surface area contributed by atoms with Crippen molar-refractivity contribution in [2.75, 3.05) is 11.1 Å². The molecule has 0 aliphatic carbocycles. The molecular weight excluding hydrogens is 336 g/mol. The SMILES string of the molecule is CCc1nnc2ccc(SCC(=O)Nc3c(F)cccc3F)nn12. The Kier molecular flexibility index (Phi) is 4.70. The minimum absolute atomic E-state index is 0.0319. The molecule has 0 bridgehead atoms. The molecule has 1 amide bonds. The van der Waals surface area contributed by atoms with Gasteiger partial charge in [-0.3, -0.25) is 4.79 Å². The standard InChI is InChI=1S/C15H13F2N5OS/c1-2-11-19-20-12-6-7-14(21-22(11)12)24-8-13(23)18-15-9(16)4-3-5-10(15)17/h3-7H,2,8H2,1H3,(H,18,23). The fourth-order valence-corrected chi connectivity index (χ4v) is 2.70. The quantitative estimate of drug-likeness (QED) is 0.717. The first-order valence-electron chi connectivity index (χ1n) is 7.16. The minimum Gasteiger partial charge on any atom is -0.320 e. The molecule has 124 valence electrons. The van der Waals surface area contributed by atoms with E-state index in [0.717, 1.165) is 23.9 Å². The zero-order valence-electron chi connectivity index (χ0n) is 12.7. The fraction of sp³-hybridized carbons (Fsp3) is 0.200. The number of para-hydroxylation sites is 1. The van der Waals surface area contributed by atoms with Gasteiger partial charge in [-0.1, -0.05) is 24.8 Å². The molecular formula is C15H13F2N5OS. The van der Waals surface area contributed by atoms with Crippen molar-refractivity contribution < 1.29 is 13.6 Å². The monoisotopic (exact) mass is 349 g/mol. The van der Waals surface area contributed by atoms with Crippen molar-refractivity contribution >= 4 is 29.0 Å². The molecule has 1 N–H and O–H groups in total. The van der Waals surface area contributed by atoms with Crippen molar-refractivity contribution in [1.29, 1.82) is 0 Å². The largest absolute Gasteiger partial charge is 0.320 e. The van der Waals surface area contributed by atoms with Gasteiger partial charge in [0.1, 0.15) is 22.3 Å². The van der Waals surface area contributed by atoms with E-state index in [1.54, 1.807) is 16.6 Å². The van der Waals surface area contributed by atoms with Crippen LogP contribution in [0.1, 0.15) is 12.7 Å². The summed E-state index contributed by atoms with van der Waals surface area (Å²) in [5.74, 6) is -1.47. The number of amides is 1. The van der Waals surface area contributed by atoms with Crippen LogP contribution in [0.25, 0.3) is 5.65 Å². The Morgan fingerprint density at radius 3 is 2.67 bits per heavy atom. The summed E-state index contributed by atoms with van der Waals surface area (Å²) in [6, 6.07) is 6.86. The van der Waals surface area contributed by atoms with Crippen LogP contribution in [0, 0.1) is 11.6 Å². The molecule has 0 spiro atoms. The zero-order valence-corrected chi connectivity index (χ0v) is 13.5. The molecule has 24 heavy (non-hydrogen) atoms. The molecule has 6 nitrogen and oxygen atoms in total. The molecule has 0 saturated carbocycles. The van der Waals surface area contributed by atoms with Crippen LogP contribution in [0.3, 0.4) is 0 Å². The molecule has 3 rings (SSSR count). The van der Waals surface area contributed by atoms with E-state index in [1.807, 2.05) is 6.92 Å². The number of rotatable bonds is 5. The number of nitrogens with one attached hydrogen (secondary N) is 1. The van der Waals surface area contributed by atoms with Crippen LogP contribution in [-0.2, 0) is 11.2 Å². The number of carbonyl (C=O) groups is 1. The van der Waals surface area contributed by atoms with E-state index in [0.29, 0.717) is 22.9 Å². The summed E-state index contributed by atoms with van der Waals surface area (Å²) in [6.07, 6.45) is 0.676. The van der Waals surface area contributed by atoms with Crippen LogP contribution in [-0.4, -0.2) is 31.5 Å². The first kappa shape index (κ1) is 16.3. The van der Waals surface area contributed by atoms with Crippen molar-refractivity contribution in [3.8, 4) is 0 Å². The molecule has 0 unspecified atom stereocenters. The average molecular weight is 349 g/mol. The van der Waals surface area contributed by atoms with E-state index in [2.05, 4.69) is 20.6 Å². The summed E-state index contributed by atoms with van der Waals surface area (Å²) >= 11 is 1.15. The van der Waals surface area contributed by atoms with Gasteiger partial charge >= 0.3 is 0 Å². The first-order chi connectivity index (χ1) is 11.6. The number of nitrogens with zero attached hydrogens (tertiary/aromatic N) is 4. The van der Waals surface area contributed by atoms with Crippen molar-refractivity contribution in [1.82, 2.24) is 19.8 Å². The van der Waals surface area contributed by atoms with Crippen LogP contribution in [0.5, 0.6) is 0 Å². The highest BCUT2D eigenvalue weighted by Crippen LogP contribution is 2.20. The number of hydrogen-bond donors (Lipinski definition) is 1. The Hall–Kier alpha value is -2.55. The summed E-state index contributed by atoms with van der Waals surface area (Å²) in [4.78, 5) is 11.9. The maximum Gasteiger partial charge on any atom is 0.234 e. The first-order valence-corrected chi connectivity index (χ1v) is 8.15. The van der Waals surface area contributed by atoms with Gasteiger partial charge in [-0.2, -0.15) is 9.61 Å². The lowest BCUT2D eigenvalue weighted by molar-refractivity contribution is -0.113. The zero-order chi connectivity index (χ0) is 17.1. The Labute approximate surface area is 140 Å². The second-order valence-electron chi connectivity index (χ2n) is 4.84. The van der Waals surface area contributed by atoms with Crippen LogP contribution in [0.4, 0.5) is 14.5 Å². The molecule has 0 atom stereocenters. The minimum atomic E-state index is -0.815. The third kappa shape index (κ3) is 3.35. The molecule has 0 aliphatic heterocycles. The maximum atomic E-state index is 13.5. The van der Waals surface area contributed by atoms with Crippen LogP contribution in [0.15, 0.2) is 35.4 Å². The number of thioether (sulfide) groups is 1. The maximum absolute atomic E-state index is 13.5. The van der Waals surface area contributed by atoms with Crippen LogP contribution in [0.2, 0.25) is 0 Å². The topological polar surface area (TPSA) is 72.2 Å². The molecule has 0 radical (unpaired) electrons. The average Bonchev–Trinajstić information content (AvgIpc) is 2.99. The van der Waals surface area contributed by atoms with Gasteiger partial charge in [-0.25, -0.2) is 8.78 Å². The molecule has 2 heterocycles. The Bertz CT molecular complexity index is 878. The Morgan fingerprint density at radius 2 is 1.96 bits per heavy atom. The molecule has 0 aliphatic rings. The molecule has 0 saturated heterocycles. The summed E-state index contributed by atoms with van der Waals surface area (Å²) < 4.78 is 28.6. The summed E-state index contributed by atoms with van der Waals surface area (Å²) in [6.45, 7) is 1.94. The van der Waals surface area contributed by atoms with Gasteiger partial charge in [0.15, 0.2) is 11.5 Å². The number of halogens is 2. The van der Waals surface area contributed by atoms with Crippen LogP contribution >= 0.6 is 11.8 Å². The third-order valence-corrected chi connectivity index (χ3v) is 4.12. The predicted octanol–water partition coefficient (Wildman–Crippen LogP) is 2.70. The van der Waals surface area contributed by atoms with Crippen LogP contribution < -0.4 is 5.32 Å². The number of fused-ring (bicyclic) bond motifs is 1. The van der Waals surface area contributed by atoms with Crippen molar-refractivity contribution in [3.05, 3.63) is 47.8 Å². The van der Waals surface area contributed by atoms with Gasteiger partial charge in [0, 0.05) is 6.42 Å². The number of aromatic nitrogens is 4. The summed E-state index contributed by atoms with van der Waals surface area (Å²) in [5, 5.41) is 15.1. The molecule has 9 heteroatoms. The lowest BCUT2D eigenvalue weighted by atomic mass is 10.3. The van der Waals surface area contributed by atoms with E-state index < -0.39 is 23.2 Å². The second-order valence-corrected chi connectivity index (χ2v) is 5.84. The molecule has 1 aromatic carbocycles. The number of aryl methyl sites for hydroxylation is 1. The highest BCUT2D eigenvalue weighted by atomic mass is 32.2. The van der Waals surface area contributed by atoms with Crippen molar-refractivity contribution in [3.63, 3.8) is 0 Å². The predicted molar refractivity (Wildman–Crippen MR) is 85.9 cm³/mol. The van der Waals surface area contributed by atoms with Crippen molar-refractivity contribution in [2.45, 2.75) is 18.4 Å². The van der Waals surface area contributed by atoms with Gasteiger partial charge in [-0.15, -0.1) is 10.2 Å². The Balaban J connectivity index is 1.68. The third-order valence-electron chi connectivity index (χ3n) is 3.20. The van der Waals surface area contributed by atoms with E-state index in [-0.39, 0.29) is 5.75 Å². The smallest absolute Gasteiger partial charge is 0.234 e. The number of benzene rings is 1. The van der Waals surface area contributed by atoms with E-state index in [1.165, 1.54) is 6.07 Å². The number of carbonyl (C=O) groups excluding carboxylic acids is 1. The van der Waals surface area contributed by atoms with Gasteiger partial charge in [-0.05, 0) is 24.3 Å². The number of hydrogen-bond acceptors (Lipinski definition) is 5. The van der Waals surface area contributed by atoms with Gasteiger partial charge in [0.25, 0.3) is 0 Å². The van der Waals surface area contributed by atoms with E-state index in [9.17, 15) is 13.6 Å². The second kappa shape index (κ2) is 6.91. The van der Waals surface area contributed by atoms with Crippen molar-refractivity contribution in [2.24, 2.45) is 0 Å². The fourth-order valence-electron chi connectivity index (χ4n) is 2.05. The Morgan fingerprint density at radius 1 is 1.21 bits per heavy atom. The lowest BCUT2D eigenvalue weighted by Gasteiger charge is -2.07. The highest BCUT2D eigenvalue weighted by molar-refractivity contribution is 7.99. The molecule has 3 aromatic rings. The van der Waals surface area contributed by atoms with Gasteiger partial charge in [0.2, 0.25) is 5.91 Å². The normalized spacial score (nSPS) is 11.0. The summed E-state index contributed by atoms with van der Waals surface area (Å²) in [7, 11) is 0. The highest BCUT2D eigenvalue weighted by Gasteiger charge is 2.13. The van der Waals surface area contributed by atoms with Gasteiger partial charge in [0.05, 0.1) is 5.75 Å². The lowest BCUT2D eigenvalue weighted by Crippen LogP contribution is -2.16.